The van der Waals surface area contributed by atoms with Crippen LogP contribution in [0.3, 0.4) is 0 Å². The highest BCUT2D eigenvalue weighted by atomic mass is 16.5. The van der Waals surface area contributed by atoms with Gasteiger partial charge in [0.1, 0.15) is 0 Å². The van der Waals surface area contributed by atoms with Crippen molar-refractivity contribution in [3.05, 3.63) is 11.7 Å². The number of nitrogens with zero attached hydrogens (tertiary/aromatic N) is 2. The summed E-state index contributed by atoms with van der Waals surface area (Å²) in [5.74, 6) is 1.10. The minimum atomic E-state index is -0.794. The van der Waals surface area contributed by atoms with Crippen molar-refractivity contribution in [2.24, 2.45) is 5.92 Å². The summed E-state index contributed by atoms with van der Waals surface area (Å²) in [6.45, 7) is 2.06. The molecule has 1 aliphatic carbocycles. The lowest BCUT2D eigenvalue weighted by Gasteiger charge is -2.21. The highest BCUT2D eigenvalue weighted by Crippen LogP contribution is 2.31. The summed E-state index contributed by atoms with van der Waals surface area (Å²) in [5, 5.41) is 13.1. The summed E-state index contributed by atoms with van der Waals surface area (Å²) in [7, 11) is 0. The Hall–Kier alpha value is -1.39. The summed E-state index contributed by atoms with van der Waals surface area (Å²) in [4.78, 5) is 15.5. The maximum Gasteiger partial charge on any atom is 0.304 e. The molecular formula is C17H28N2O3. The Bertz CT molecular complexity index is 453. The number of aryl methyl sites for hydroxylation is 1. The maximum atomic E-state index is 11.1. The summed E-state index contributed by atoms with van der Waals surface area (Å²) >= 11 is 0. The van der Waals surface area contributed by atoms with Gasteiger partial charge in [0.2, 0.25) is 5.89 Å². The lowest BCUT2D eigenvalue weighted by molar-refractivity contribution is -0.137. The SMILES string of the molecule is CCCc1noc([C@H](CCCC2CCCCC2)CC(=O)O)n1. The van der Waals surface area contributed by atoms with Crippen molar-refractivity contribution in [1.82, 2.24) is 10.1 Å². The summed E-state index contributed by atoms with van der Waals surface area (Å²) in [6.07, 6.45) is 11.7. The Morgan fingerprint density at radius 2 is 2.14 bits per heavy atom. The van der Waals surface area contributed by atoms with Crippen LogP contribution in [0.5, 0.6) is 0 Å². The summed E-state index contributed by atoms with van der Waals surface area (Å²) in [5.41, 5.74) is 0. The van der Waals surface area contributed by atoms with Crippen LogP contribution in [0, 0.1) is 5.92 Å². The second kappa shape index (κ2) is 8.91. The molecule has 1 atom stereocenters. The Labute approximate surface area is 132 Å². The number of carboxylic acids is 1. The normalized spacial score (nSPS) is 17.5. The zero-order chi connectivity index (χ0) is 15.8. The maximum absolute atomic E-state index is 11.1. The lowest BCUT2D eigenvalue weighted by Crippen LogP contribution is -2.10. The van der Waals surface area contributed by atoms with Gasteiger partial charge in [-0.2, -0.15) is 4.98 Å². The fraction of sp³-hybridized carbons (Fsp3) is 0.824. The van der Waals surface area contributed by atoms with E-state index in [-0.39, 0.29) is 12.3 Å². The number of rotatable bonds is 9. The molecule has 0 bridgehead atoms. The second-order valence-corrected chi connectivity index (χ2v) is 6.53. The molecule has 1 saturated carbocycles. The van der Waals surface area contributed by atoms with Crippen LogP contribution < -0.4 is 0 Å². The molecule has 1 aromatic rings. The highest BCUT2D eigenvalue weighted by Gasteiger charge is 2.22. The Kier molecular flexibility index (Phi) is 6.87. The minimum absolute atomic E-state index is 0.0818. The van der Waals surface area contributed by atoms with Crippen molar-refractivity contribution in [1.29, 1.82) is 0 Å². The Balaban J connectivity index is 1.86. The van der Waals surface area contributed by atoms with Crippen LogP contribution >= 0.6 is 0 Å². The van der Waals surface area contributed by atoms with Crippen LogP contribution in [0.25, 0.3) is 0 Å². The number of carboxylic acid groups (broad SMARTS) is 1. The van der Waals surface area contributed by atoms with Gasteiger partial charge in [-0.05, 0) is 18.8 Å². The van der Waals surface area contributed by atoms with Gasteiger partial charge in [-0.25, -0.2) is 0 Å². The molecule has 0 aromatic carbocycles. The van der Waals surface area contributed by atoms with Gasteiger partial charge in [0.15, 0.2) is 5.82 Å². The third-order valence-corrected chi connectivity index (χ3v) is 4.62. The topological polar surface area (TPSA) is 76.2 Å². The molecule has 0 radical (unpaired) electrons. The van der Waals surface area contributed by atoms with Gasteiger partial charge in [-0.1, -0.05) is 57.0 Å². The second-order valence-electron chi connectivity index (χ2n) is 6.53. The van der Waals surface area contributed by atoms with Crippen molar-refractivity contribution in [3.63, 3.8) is 0 Å². The molecule has 0 spiro atoms. The minimum Gasteiger partial charge on any atom is -0.481 e. The molecule has 0 amide bonds. The van der Waals surface area contributed by atoms with Crippen LogP contribution in [0.2, 0.25) is 0 Å². The fourth-order valence-electron chi connectivity index (χ4n) is 3.41. The van der Waals surface area contributed by atoms with E-state index in [1.165, 1.54) is 38.5 Å². The quantitative estimate of drug-likeness (QED) is 0.734. The fourth-order valence-corrected chi connectivity index (χ4v) is 3.41. The van der Waals surface area contributed by atoms with Gasteiger partial charge < -0.3 is 9.63 Å². The molecule has 22 heavy (non-hydrogen) atoms. The largest absolute Gasteiger partial charge is 0.481 e. The van der Waals surface area contributed by atoms with Gasteiger partial charge in [0.05, 0.1) is 6.42 Å². The molecule has 1 aliphatic rings. The first-order chi connectivity index (χ1) is 10.7. The van der Waals surface area contributed by atoms with Crippen LogP contribution in [-0.4, -0.2) is 21.2 Å². The molecule has 0 saturated heterocycles. The highest BCUT2D eigenvalue weighted by molar-refractivity contribution is 5.67. The van der Waals surface area contributed by atoms with Gasteiger partial charge in [-0.3, -0.25) is 4.79 Å². The molecule has 1 fully saturated rings. The molecule has 5 heteroatoms. The predicted molar refractivity (Wildman–Crippen MR) is 83.7 cm³/mol. The van der Waals surface area contributed by atoms with Crippen molar-refractivity contribution in [2.45, 2.75) is 83.5 Å². The third-order valence-electron chi connectivity index (χ3n) is 4.62. The van der Waals surface area contributed by atoms with Gasteiger partial charge in [0, 0.05) is 12.3 Å². The van der Waals surface area contributed by atoms with Gasteiger partial charge in [0.25, 0.3) is 0 Å². The zero-order valence-corrected chi connectivity index (χ0v) is 13.6. The summed E-state index contributed by atoms with van der Waals surface area (Å²) < 4.78 is 5.30. The number of hydrogen-bond donors (Lipinski definition) is 1. The summed E-state index contributed by atoms with van der Waals surface area (Å²) in [6, 6.07) is 0. The third kappa shape index (κ3) is 5.43. The molecule has 124 valence electrons. The molecule has 5 nitrogen and oxygen atoms in total. The van der Waals surface area contributed by atoms with Crippen molar-refractivity contribution < 1.29 is 14.4 Å². The first-order valence-corrected chi connectivity index (χ1v) is 8.73. The Morgan fingerprint density at radius 1 is 1.36 bits per heavy atom. The lowest BCUT2D eigenvalue weighted by atomic mass is 9.84. The predicted octanol–water partition coefficient (Wildman–Crippen LogP) is 4.33. The molecular weight excluding hydrogens is 280 g/mol. The molecule has 1 heterocycles. The van der Waals surface area contributed by atoms with Crippen LogP contribution in [0.1, 0.15) is 88.8 Å². The number of carbonyl (C=O) groups is 1. The molecule has 1 aromatic heterocycles. The van der Waals surface area contributed by atoms with Crippen molar-refractivity contribution in [2.75, 3.05) is 0 Å². The number of aliphatic carboxylic acids is 1. The molecule has 0 aliphatic heterocycles. The van der Waals surface area contributed by atoms with E-state index in [1.54, 1.807) is 0 Å². The van der Waals surface area contributed by atoms with E-state index in [2.05, 4.69) is 17.1 Å². The van der Waals surface area contributed by atoms with E-state index in [9.17, 15) is 4.79 Å². The average molecular weight is 308 g/mol. The monoisotopic (exact) mass is 308 g/mol. The zero-order valence-electron chi connectivity index (χ0n) is 13.6. The van der Waals surface area contributed by atoms with Gasteiger partial charge in [-0.15, -0.1) is 0 Å². The van der Waals surface area contributed by atoms with E-state index in [1.807, 2.05) is 0 Å². The molecule has 1 N–H and O–H groups in total. The van der Waals surface area contributed by atoms with Crippen LogP contribution in [0.4, 0.5) is 0 Å². The van der Waals surface area contributed by atoms with E-state index < -0.39 is 5.97 Å². The van der Waals surface area contributed by atoms with E-state index in [4.69, 9.17) is 9.63 Å². The van der Waals surface area contributed by atoms with E-state index >= 15 is 0 Å². The molecule has 2 rings (SSSR count). The number of aromatic nitrogens is 2. The number of hydrogen-bond acceptors (Lipinski definition) is 4. The van der Waals surface area contributed by atoms with Gasteiger partial charge >= 0.3 is 5.97 Å². The van der Waals surface area contributed by atoms with E-state index in [0.717, 1.165) is 31.6 Å². The average Bonchev–Trinajstić information content (AvgIpc) is 2.96. The van der Waals surface area contributed by atoms with Crippen molar-refractivity contribution in [3.8, 4) is 0 Å². The standard InChI is InChI=1S/C17H28N2O3/c1-2-7-15-18-17(22-19-15)14(12-16(20)21)11-6-10-13-8-4-3-5-9-13/h13-14H,2-12H2,1H3,(H,20,21)/t14-/m1/s1. The smallest absolute Gasteiger partial charge is 0.304 e. The van der Waals surface area contributed by atoms with E-state index in [0.29, 0.717) is 11.7 Å². The van der Waals surface area contributed by atoms with Crippen LogP contribution in [0.15, 0.2) is 4.52 Å². The molecule has 0 unspecified atom stereocenters. The van der Waals surface area contributed by atoms with Crippen molar-refractivity contribution >= 4 is 5.97 Å². The first-order valence-electron chi connectivity index (χ1n) is 8.73. The Morgan fingerprint density at radius 3 is 2.82 bits per heavy atom. The van der Waals surface area contributed by atoms with Crippen LogP contribution in [-0.2, 0) is 11.2 Å². The first kappa shape index (κ1) is 17.0.